The number of methoxy groups -OCH3 is 1. The molecule has 0 spiro atoms. The van der Waals surface area contributed by atoms with Crippen molar-refractivity contribution >= 4 is 32.7 Å². The van der Waals surface area contributed by atoms with Crippen LogP contribution >= 0.6 is 0 Å². The predicted octanol–water partition coefficient (Wildman–Crippen LogP) is 5.45. The van der Waals surface area contributed by atoms with Gasteiger partial charge < -0.3 is 14.0 Å². The Morgan fingerprint density at radius 1 is 0.964 bits per heavy atom. The normalized spacial score (nSPS) is 12.8. The SMILES string of the molecule is COc1ccc2nc3c(cc2c1)COc1cc2c(cc1-3)c1ccccc1n2C. The van der Waals surface area contributed by atoms with Crippen molar-refractivity contribution in [2.75, 3.05) is 7.11 Å². The summed E-state index contributed by atoms with van der Waals surface area (Å²) < 4.78 is 13.7. The van der Waals surface area contributed by atoms with Crippen LogP contribution in [0.25, 0.3) is 44.0 Å². The van der Waals surface area contributed by atoms with E-state index in [2.05, 4.69) is 54.1 Å². The highest BCUT2D eigenvalue weighted by molar-refractivity contribution is 6.10. The number of aryl methyl sites for hydroxylation is 1. The molecule has 0 fully saturated rings. The van der Waals surface area contributed by atoms with Crippen LogP contribution in [0.1, 0.15) is 5.56 Å². The average molecular weight is 366 g/mol. The quantitative estimate of drug-likeness (QED) is 0.396. The molecular weight excluding hydrogens is 348 g/mol. The highest BCUT2D eigenvalue weighted by Gasteiger charge is 2.22. The second-order valence-electron chi connectivity index (χ2n) is 7.29. The highest BCUT2D eigenvalue weighted by Crippen LogP contribution is 2.42. The summed E-state index contributed by atoms with van der Waals surface area (Å²) in [4.78, 5) is 4.98. The number of benzene rings is 3. The maximum absolute atomic E-state index is 6.13. The van der Waals surface area contributed by atoms with Crippen molar-refractivity contribution in [3.05, 3.63) is 66.2 Å². The third-order valence-electron chi connectivity index (χ3n) is 5.75. The van der Waals surface area contributed by atoms with Crippen molar-refractivity contribution < 1.29 is 9.47 Å². The Labute approximate surface area is 161 Å². The zero-order valence-electron chi connectivity index (χ0n) is 15.7. The van der Waals surface area contributed by atoms with Crippen molar-refractivity contribution in [3.8, 4) is 22.8 Å². The maximum Gasteiger partial charge on any atom is 0.131 e. The van der Waals surface area contributed by atoms with Crippen LogP contribution in [0.4, 0.5) is 0 Å². The standard InChI is InChI=1S/C24H18N2O2/c1-26-21-6-4-3-5-17(21)18-11-19-23(12-22(18)26)28-13-15-9-14-10-16(27-2)7-8-20(14)25-24(15)19/h3-12H,13H2,1-2H3. The van der Waals surface area contributed by atoms with Crippen LogP contribution in [0.5, 0.6) is 11.5 Å². The van der Waals surface area contributed by atoms with Crippen molar-refractivity contribution in [1.82, 2.24) is 9.55 Å². The van der Waals surface area contributed by atoms with Gasteiger partial charge in [0.25, 0.3) is 0 Å². The van der Waals surface area contributed by atoms with Gasteiger partial charge in [0.05, 0.1) is 23.8 Å². The van der Waals surface area contributed by atoms with Crippen molar-refractivity contribution in [2.24, 2.45) is 7.05 Å². The average Bonchev–Trinajstić information content (AvgIpc) is 3.02. The summed E-state index contributed by atoms with van der Waals surface area (Å²) in [5, 5.41) is 3.54. The third-order valence-corrected chi connectivity index (χ3v) is 5.75. The number of para-hydroxylation sites is 1. The summed E-state index contributed by atoms with van der Waals surface area (Å²) in [6.07, 6.45) is 0. The van der Waals surface area contributed by atoms with Gasteiger partial charge in [0.1, 0.15) is 18.1 Å². The first-order chi connectivity index (χ1) is 13.7. The lowest BCUT2D eigenvalue weighted by Crippen LogP contribution is -2.07. The zero-order valence-corrected chi connectivity index (χ0v) is 15.7. The minimum atomic E-state index is 0.526. The molecule has 5 aromatic rings. The largest absolute Gasteiger partial charge is 0.497 e. The van der Waals surface area contributed by atoms with Crippen LogP contribution < -0.4 is 9.47 Å². The van der Waals surface area contributed by atoms with Gasteiger partial charge in [0.2, 0.25) is 0 Å². The summed E-state index contributed by atoms with van der Waals surface area (Å²) >= 11 is 0. The minimum absolute atomic E-state index is 0.526. The zero-order chi connectivity index (χ0) is 18.8. The number of pyridine rings is 1. The van der Waals surface area contributed by atoms with Crippen LogP contribution in [0.3, 0.4) is 0 Å². The molecule has 0 radical (unpaired) electrons. The fraction of sp³-hybridized carbons (Fsp3) is 0.125. The molecule has 0 N–H and O–H groups in total. The Hall–Kier alpha value is -3.53. The van der Waals surface area contributed by atoms with Gasteiger partial charge in [-0.3, -0.25) is 0 Å². The summed E-state index contributed by atoms with van der Waals surface area (Å²) in [6.45, 7) is 0.526. The van der Waals surface area contributed by atoms with E-state index in [0.717, 1.165) is 39.2 Å². The van der Waals surface area contributed by atoms with E-state index < -0.39 is 0 Å². The molecule has 4 heteroatoms. The van der Waals surface area contributed by atoms with E-state index in [4.69, 9.17) is 14.5 Å². The fourth-order valence-electron chi connectivity index (χ4n) is 4.31. The van der Waals surface area contributed by atoms with Gasteiger partial charge in [-0.1, -0.05) is 18.2 Å². The van der Waals surface area contributed by atoms with Crippen molar-refractivity contribution in [2.45, 2.75) is 6.61 Å². The van der Waals surface area contributed by atoms with E-state index in [1.807, 2.05) is 18.2 Å². The lowest BCUT2D eigenvalue weighted by atomic mass is 9.98. The molecule has 0 bridgehead atoms. The second kappa shape index (κ2) is 5.49. The van der Waals surface area contributed by atoms with Gasteiger partial charge in [-0.25, -0.2) is 4.98 Å². The molecule has 0 atom stereocenters. The summed E-state index contributed by atoms with van der Waals surface area (Å²) in [5.74, 6) is 1.73. The first kappa shape index (κ1) is 15.5. The number of rotatable bonds is 1. The summed E-state index contributed by atoms with van der Waals surface area (Å²) in [5.41, 5.74) is 6.53. The molecule has 6 rings (SSSR count). The van der Waals surface area contributed by atoms with Crippen LogP contribution in [0.2, 0.25) is 0 Å². The van der Waals surface area contributed by atoms with Crippen LogP contribution in [0, 0.1) is 0 Å². The molecule has 0 unspecified atom stereocenters. The van der Waals surface area contributed by atoms with E-state index in [9.17, 15) is 0 Å². The fourth-order valence-corrected chi connectivity index (χ4v) is 4.31. The number of aromatic nitrogens is 2. The molecule has 136 valence electrons. The Morgan fingerprint density at radius 3 is 2.75 bits per heavy atom. The number of hydrogen-bond donors (Lipinski definition) is 0. The van der Waals surface area contributed by atoms with Crippen LogP contribution in [-0.4, -0.2) is 16.7 Å². The number of hydrogen-bond acceptors (Lipinski definition) is 3. The van der Waals surface area contributed by atoms with Crippen molar-refractivity contribution in [1.29, 1.82) is 0 Å². The molecule has 2 aromatic heterocycles. The maximum atomic E-state index is 6.13. The van der Waals surface area contributed by atoms with E-state index >= 15 is 0 Å². The van der Waals surface area contributed by atoms with E-state index in [1.165, 1.54) is 21.8 Å². The van der Waals surface area contributed by atoms with Gasteiger partial charge in [-0.15, -0.1) is 0 Å². The lowest BCUT2D eigenvalue weighted by molar-refractivity contribution is 0.302. The second-order valence-corrected chi connectivity index (χ2v) is 7.29. The first-order valence-corrected chi connectivity index (χ1v) is 9.35. The van der Waals surface area contributed by atoms with Crippen LogP contribution in [0.15, 0.2) is 60.7 Å². The van der Waals surface area contributed by atoms with Gasteiger partial charge in [0.15, 0.2) is 0 Å². The molecule has 3 aromatic carbocycles. The predicted molar refractivity (Wildman–Crippen MR) is 112 cm³/mol. The van der Waals surface area contributed by atoms with E-state index in [-0.39, 0.29) is 0 Å². The minimum Gasteiger partial charge on any atom is -0.497 e. The Balaban J connectivity index is 1.65. The number of ether oxygens (including phenoxy) is 2. The molecule has 1 aliphatic rings. The van der Waals surface area contributed by atoms with Crippen molar-refractivity contribution in [3.63, 3.8) is 0 Å². The molecule has 0 amide bonds. The molecule has 3 heterocycles. The Morgan fingerprint density at radius 2 is 1.86 bits per heavy atom. The smallest absolute Gasteiger partial charge is 0.131 e. The number of fused-ring (bicyclic) bond motifs is 7. The molecule has 1 aliphatic heterocycles. The molecule has 28 heavy (non-hydrogen) atoms. The molecular formula is C24H18N2O2. The van der Waals surface area contributed by atoms with Gasteiger partial charge in [0, 0.05) is 45.9 Å². The summed E-state index contributed by atoms with van der Waals surface area (Å²) in [6, 6.07) is 21.0. The molecule has 0 aliphatic carbocycles. The van der Waals surface area contributed by atoms with Gasteiger partial charge >= 0.3 is 0 Å². The topological polar surface area (TPSA) is 36.3 Å². The first-order valence-electron chi connectivity index (χ1n) is 9.35. The Kier molecular flexibility index (Phi) is 3.04. The van der Waals surface area contributed by atoms with Gasteiger partial charge in [-0.2, -0.15) is 0 Å². The summed E-state index contributed by atoms with van der Waals surface area (Å²) in [7, 11) is 3.79. The Bertz CT molecular complexity index is 1420. The third kappa shape index (κ3) is 2.03. The molecule has 0 saturated carbocycles. The lowest BCUT2D eigenvalue weighted by Gasteiger charge is -2.21. The molecule has 4 nitrogen and oxygen atoms in total. The monoisotopic (exact) mass is 366 g/mol. The molecule has 0 saturated heterocycles. The van der Waals surface area contributed by atoms with E-state index in [1.54, 1.807) is 7.11 Å². The number of nitrogens with zero attached hydrogens (tertiary/aromatic N) is 2. The van der Waals surface area contributed by atoms with Crippen LogP contribution in [-0.2, 0) is 13.7 Å². The van der Waals surface area contributed by atoms with Gasteiger partial charge in [-0.05, 0) is 36.4 Å². The van der Waals surface area contributed by atoms with E-state index in [0.29, 0.717) is 6.61 Å². The highest BCUT2D eigenvalue weighted by atomic mass is 16.5.